The van der Waals surface area contributed by atoms with Gasteiger partial charge in [0.05, 0.1) is 0 Å². The van der Waals surface area contributed by atoms with Crippen molar-refractivity contribution in [3.05, 3.63) is 83.2 Å². The minimum Gasteiger partial charge on any atom is -0.294 e. The van der Waals surface area contributed by atoms with Crippen LogP contribution >= 0.6 is 0 Å². The van der Waals surface area contributed by atoms with Gasteiger partial charge in [-0.3, -0.25) is 4.79 Å². The monoisotopic (exact) mass is 278 g/mol. The summed E-state index contributed by atoms with van der Waals surface area (Å²) in [4.78, 5) is 12.6. The van der Waals surface area contributed by atoms with Gasteiger partial charge in [-0.2, -0.15) is 0 Å². The molecule has 0 saturated carbocycles. The Balaban J connectivity index is 1.97. The molecule has 0 fully saturated rings. The van der Waals surface area contributed by atoms with E-state index >= 15 is 0 Å². The smallest absolute Gasteiger partial charge is 0.167 e. The highest BCUT2D eigenvalue weighted by Crippen LogP contribution is 2.21. The van der Waals surface area contributed by atoms with Crippen molar-refractivity contribution in [3.63, 3.8) is 0 Å². The van der Waals surface area contributed by atoms with Crippen molar-refractivity contribution in [1.29, 1.82) is 0 Å². The molecule has 0 aliphatic rings. The van der Waals surface area contributed by atoms with E-state index in [2.05, 4.69) is 0 Å². The molecule has 0 aromatic heterocycles. The predicted molar refractivity (Wildman–Crippen MR) is 83.1 cm³/mol. The van der Waals surface area contributed by atoms with Crippen molar-refractivity contribution in [2.75, 3.05) is 0 Å². The highest BCUT2D eigenvalue weighted by Gasteiger charge is 2.12. The first-order chi connectivity index (χ1) is 10.1. The zero-order valence-electron chi connectivity index (χ0n) is 11.8. The molecule has 0 aliphatic heterocycles. The van der Waals surface area contributed by atoms with Crippen molar-refractivity contribution in [2.24, 2.45) is 0 Å². The number of hydrogen-bond acceptors (Lipinski definition) is 1. The number of carbonyl (C=O) groups excluding carboxylic acids is 1. The lowest BCUT2D eigenvalue weighted by Gasteiger charge is -2.08. The summed E-state index contributed by atoms with van der Waals surface area (Å²) >= 11 is 0. The normalized spacial score (nSPS) is 10.8. The van der Waals surface area contributed by atoms with Crippen LogP contribution in [0.2, 0.25) is 0 Å². The van der Waals surface area contributed by atoms with Gasteiger partial charge >= 0.3 is 0 Å². The van der Waals surface area contributed by atoms with Gasteiger partial charge in [0.15, 0.2) is 5.78 Å². The van der Waals surface area contributed by atoms with E-state index in [0.29, 0.717) is 6.42 Å². The van der Waals surface area contributed by atoms with E-state index in [9.17, 15) is 9.18 Å². The summed E-state index contributed by atoms with van der Waals surface area (Å²) in [6.45, 7) is 1.83. The molecule has 2 heteroatoms. The number of rotatable bonds is 3. The van der Waals surface area contributed by atoms with Crippen LogP contribution in [0.3, 0.4) is 0 Å². The first kappa shape index (κ1) is 13.5. The van der Waals surface area contributed by atoms with Crippen LogP contribution in [-0.2, 0) is 6.42 Å². The maximum absolute atomic E-state index is 13.1. The molecule has 0 bridgehead atoms. The fraction of sp³-hybridized carbons (Fsp3) is 0.105. The van der Waals surface area contributed by atoms with Gasteiger partial charge in [0.25, 0.3) is 0 Å². The number of ketones is 1. The lowest BCUT2D eigenvalue weighted by atomic mass is 9.96. The maximum Gasteiger partial charge on any atom is 0.167 e. The lowest BCUT2D eigenvalue weighted by molar-refractivity contribution is 0.0994. The second-order valence-corrected chi connectivity index (χ2v) is 5.20. The number of hydrogen-bond donors (Lipinski definition) is 0. The molecule has 0 amide bonds. The Morgan fingerprint density at radius 1 is 1.00 bits per heavy atom. The summed E-state index contributed by atoms with van der Waals surface area (Å²) in [5.41, 5.74) is 2.40. The Labute approximate surface area is 123 Å². The second-order valence-electron chi connectivity index (χ2n) is 5.20. The van der Waals surface area contributed by atoms with Crippen LogP contribution in [-0.4, -0.2) is 5.78 Å². The molecule has 0 spiro atoms. The number of Topliss-reactive ketones (excluding diaryl/α,β-unsaturated/α-hetero) is 1. The van der Waals surface area contributed by atoms with Gasteiger partial charge in [0, 0.05) is 12.0 Å². The average molecular weight is 278 g/mol. The van der Waals surface area contributed by atoms with Crippen LogP contribution in [0.15, 0.2) is 60.7 Å². The Hall–Kier alpha value is -2.48. The van der Waals surface area contributed by atoms with Gasteiger partial charge in [-0.05, 0) is 41.0 Å². The Kier molecular flexibility index (Phi) is 3.53. The first-order valence-corrected chi connectivity index (χ1v) is 6.91. The molecular formula is C19H15FO. The summed E-state index contributed by atoms with van der Waals surface area (Å²) in [6.07, 6.45) is 0.292. The second kappa shape index (κ2) is 5.49. The third kappa shape index (κ3) is 2.70. The average Bonchev–Trinajstić information content (AvgIpc) is 2.49. The number of halogens is 1. The number of benzene rings is 3. The molecule has 0 radical (unpaired) electrons. The van der Waals surface area contributed by atoms with Gasteiger partial charge in [-0.1, -0.05) is 48.5 Å². The quantitative estimate of drug-likeness (QED) is 0.634. The van der Waals surface area contributed by atoms with Gasteiger partial charge in [-0.25, -0.2) is 4.39 Å². The number of aryl methyl sites for hydroxylation is 1. The zero-order chi connectivity index (χ0) is 14.8. The predicted octanol–water partition coefficient (Wildman–Crippen LogP) is 4.71. The summed E-state index contributed by atoms with van der Waals surface area (Å²) in [5, 5.41) is 2.02. The fourth-order valence-corrected chi connectivity index (χ4v) is 2.59. The van der Waals surface area contributed by atoms with Gasteiger partial charge < -0.3 is 0 Å². The SMILES string of the molecule is Cc1cc(F)ccc1CC(=O)c1cccc2ccccc12. The largest absolute Gasteiger partial charge is 0.294 e. The molecule has 3 aromatic rings. The lowest BCUT2D eigenvalue weighted by Crippen LogP contribution is -2.05. The molecular weight excluding hydrogens is 263 g/mol. The third-order valence-corrected chi connectivity index (χ3v) is 3.75. The van der Waals surface area contributed by atoms with E-state index in [0.717, 1.165) is 27.5 Å². The molecule has 0 N–H and O–H groups in total. The van der Waals surface area contributed by atoms with Crippen molar-refractivity contribution in [1.82, 2.24) is 0 Å². The van der Waals surface area contributed by atoms with Crippen LogP contribution in [0.1, 0.15) is 21.5 Å². The van der Waals surface area contributed by atoms with E-state index in [4.69, 9.17) is 0 Å². The van der Waals surface area contributed by atoms with Crippen molar-refractivity contribution < 1.29 is 9.18 Å². The summed E-state index contributed by atoms with van der Waals surface area (Å²) in [6, 6.07) is 18.1. The van der Waals surface area contributed by atoms with E-state index in [-0.39, 0.29) is 11.6 Å². The Bertz CT molecular complexity index is 815. The van der Waals surface area contributed by atoms with Gasteiger partial charge in [0.1, 0.15) is 5.82 Å². The minimum absolute atomic E-state index is 0.0570. The molecule has 0 unspecified atom stereocenters. The first-order valence-electron chi connectivity index (χ1n) is 6.91. The van der Waals surface area contributed by atoms with E-state index in [1.807, 2.05) is 49.4 Å². The van der Waals surface area contributed by atoms with E-state index < -0.39 is 0 Å². The van der Waals surface area contributed by atoms with Gasteiger partial charge in [0.2, 0.25) is 0 Å². The highest BCUT2D eigenvalue weighted by atomic mass is 19.1. The Morgan fingerprint density at radius 2 is 1.76 bits per heavy atom. The summed E-state index contributed by atoms with van der Waals surface area (Å²) in [7, 11) is 0. The van der Waals surface area contributed by atoms with Crippen molar-refractivity contribution in [2.45, 2.75) is 13.3 Å². The minimum atomic E-state index is -0.270. The molecule has 3 rings (SSSR count). The highest BCUT2D eigenvalue weighted by molar-refractivity contribution is 6.08. The van der Waals surface area contributed by atoms with Gasteiger partial charge in [-0.15, -0.1) is 0 Å². The molecule has 0 heterocycles. The molecule has 104 valence electrons. The van der Waals surface area contributed by atoms with Crippen LogP contribution in [0.4, 0.5) is 4.39 Å². The summed E-state index contributed by atoms with van der Waals surface area (Å²) in [5.74, 6) is -0.213. The zero-order valence-corrected chi connectivity index (χ0v) is 11.8. The van der Waals surface area contributed by atoms with E-state index in [1.54, 1.807) is 6.07 Å². The van der Waals surface area contributed by atoms with Crippen molar-refractivity contribution in [3.8, 4) is 0 Å². The van der Waals surface area contributed by atoms with Crippen LogP contribution in [0.25, 0.3) is 10.8 Å². The number of fused-ring (bicyclic) bond motifs is 1. The Morgan fingerprint density at radius 3 is 2.57 bits per heavy atom. The fourth-order valence-electron chi connectivity index (χ4n) is 2.59. The van der Waals surface area contributed by atoms with Crippen LogP contribution < -0.4 is 0 Å². The molecule has 3 aromatic carbocycles. The number of carbonyl (C=O) groups is 1. The van der Waals surface area contributed by atoms with E-state index in [1.165, 1.54) is 12.1 Å². The van der Waals surface area contributed by atoms with Crippen molar-refractivity contribution >= 4 is 16.6 Å². The molecule has 1 nitrogen and oxygen atoms in total. The molecule has 0 atom stereocenters. The third-order valence-electron chi connectivity index (χ3n) is 3.75. The standard InChI is InChI=1S/C19H15FO/c1-13-11-16(20)10-9-15(13)12-19(21)18-8-4-6-14-5-2-3-7-17(14)18/h2-11H,12H2,1H3. The topological polar surface area (TPSA) is 17.1 Å². The molecule has 0 saturated heterocycles. The molecule has 21 heavy (non-hydrogen) atoms. The molecule has 0 aliphatic carbocycles. The van der Waals surface area contributed by atoms with Crippen LogP contribution in [0.5, 0.6) is 0 Å². The summed E-state index contributed by atoms with van der Waals surface area (Å²) < 4.78 is 13.1. The maximum atomic E-state index is 13.1. The van der Waals surface area contributed by atoms with Crippen LogP contribution in [0, 0.1) is 12.7 Å².